The maximum absolute atomic E-state index is 13.3. The van der Waals surface area contributed by atoms with Crippen LogP contribution in [0.5, 0.6) is 11.6 Å². The average Bonchev–Trinajstić information content (AvgIpc) is 3.10. The van der Waals surface area contributed by atoms with E-state index < -0.39 is 11.6 Å². The van der Waals surface area contributed by atoms with Crippen molar-refractivity contribution in [3.63, 3.8) is 0 Å². The second kappa shape index (κ2) is 7.52. The van der Waals surface area contributed by atoms with Crippen molar-refractivity contribution in [2.45, 2.75) is 13.1 Å². The number of rotatable bonds is 6. The molecule has 0 fully saturated rings. The smallest absolute Gasteiger partial charge is 0.242 e. The van der Waals surface area contributed by atoms with E-state index >= 15 is 0 Å². The summed E-state index contributed by atoms with van der Waals surface area (Å²) < 4.78 is 33.3. The molecule has 25 heavy (non-hydrogen) atoms. The van der Waals surface area contributed by atoms with Crippen LogP contribution in [-0.2, 0) is 17.9 Å². The quantitative estimate of drug-likeness (QED) is 0.746. The van der Waals surface area contributed by atoms with E-state index in [9.17, 15) is 13.6 Å². The first-order valence-electron chi connectivity index (χ1n) is 7.43. The molecule has 3 aromatic rings. The maximum atomic E-state index is 13.3. The van der Waals surface area contributed by atoms with Crippen molar-refractivity contribution < 1.29 is 18.3 Å². The van der Waals surface area contributed by atoms with E-state index in [-0.39, 0.29) is 30.6 Å². The number of carbonyl (C=O) groups excluding carboxylic acids is 1. The van der Waals surface area contributed by atoms with Gasteiger partial charge in [-0.25, -0.2) is 13.8 Å². The van der Waals surface area contributed by atoms with Gasteiger partial charge in [-0.2, -0.15) is 5.10 Å². The van der Waals surface area contributed by atoms with Crippen LogP contribution in [0.25, 0.3) is 0 Å². The number of ether oxygens (including phenoxy) is 1. The summed E-state index contributed by atoms with van der Waals surface area (Å²) in [6.45, 7) is 0.263. The molecule has 3 rings (SSSR count). The Morgan fingerprint density at radius 3 is 2.80 bits per heavy atom. The van der Waals surface area contributed by atoms with Gasteiger partial charge in [0.2, 0.25) is 11.8 Å². The van der Waals surface area contributed by atoms with Crippen molar-refractivity contribution in [3.05, 3.63) is 72.2 Å². The van der Waals surface area contributed by atoms with E-state index in [4.69, 9.17) is 4.74 Å². The van der Waals surface area contributed by atoms with Crippen LogP contribution >= 0.6 is 0 Å². The summed E-state index contributed by atoms with van der Waals surface area (Å²) in [5.41, 5.74) is 0.598. The van der Waals surface area contributed by atoms with Gasteiger partial charge in [-0.15, -0.1) is 0 Å². The predicted octanol–water partition coefficient (Wildman–Crippen LogP) is 2.67. The lowest BCUT2D eigenvalue weighted by atomic mass is 10.2. The first-order valence-corrected chi connectivity index (χ1v) is 7.43. The molecule has 0 aliphatic carbocycles. The topological polar surface area (TPSA) is 69.0 Å². The van der Waals surface area contributed by atoms with E-state index in [0.29, 0.717) is 5.56 Å². The number of benzene rings is 1. The molecule has 2 aromatic heterocycles. The molecule has 0 unspecified atom stereocenters. The van der Waals surface area contributed by atoms with Crippen molar-refractivity contribution in [2.75, 3.05) is 0 Å². The Morgan fingerprint density at radius 1 is 1.16 bits per heavy atom. The Kier molecular flexibility index (Phi) is 4.98. The molecular formula is C17H14F2N4O2. The third kappa shape index (κ3) is 4.37. The van der Waals surface area contributed by atoms with Gasteiger partial charge in [-0.05, 0) is 24.3 Å². The molecule has 128 valence electrons. The monoisotopic (exact) mass is 344 g/mol. The van der Waals surface area contributed by atoms with Gasteiger partial charge in [0.05, 0.1) is 0 Å². The molecule has 0 atom stereocenters. The second-order valence-electron chi connectivity index (χ2n) is 5.13. The number of aromatic nitrogens is 3. The molecule has 0 saturated heterocycles. The van der Waals surface area contributed by atoms with Gasteiger partial charge in [0, 0.05) is 36.8 Å². The Hall–Kier alpha value is -3.29. The van der Waals surface area contributed by atoms with Gasteiger partial charge >= 0.3 is 0 Å². The highest BCUT2D eigenvalue weighted by atomic mass is 19.2. The third-order valence-electron chi connectivity index (χ3n) is 3.30. The minimum absolute atomic E-state index is 0.0899. The van der Waals surface area contributed by atoms with Crippen molar-refractivity contribution in [3.8, 4) is 11.6 Å². The highest BCUT2D eigenvalue weighted by Gasteiger charge is 2.10. The Labute approximate surface area is 142 Å². The van der Waals surface area contributed by atoms with Crippen LogP contribution in [0.3, 0.4) is 0 Å². The van der Waals surface area contributed by atoms with Gasteiger partial charge in [0.15, 0.2) is 11.6 Å². The number of nitrogens with one attached hydrogen (secondary N) is 1. The molecule has 6 nitrogen and oxygen atoms in total. The van der Waals surface area contributed by atoms with Crippen molar-refractivity contribution in [1.29, 1.82) is 0 Å². The van der Waals surface area contributed by atoms with Crippen LogP contribution in [0.15, 0.2) is 55.0 Å². The molecule has 2 heterocycles. The van der Waals surface area contributed by atoms with E-state index in [0.717, 1.165) is 12.1 Å². The van der Waals surface area contributed by atoms with E-state index in [1.54, 1.807) is 30.6 Å². The SMILES string of the molecule is O=C(Cn1cccn1)NCc1cccnc1Oc1ccc(F)c(F)c1. The highest BCUT2D eigenvalue weighted by Crippen LogP contribution is 2.24. The van der Waals surface area contributed by atoms with Gasteiger partial charge in [-0.1, -0.05) is 6.07 Å². The minimum Gasteiger partial charge on any atom is -0.439 e. The molecule has 0 spiro atoms. The first kappa shape index (κ1) is 16.6. The summed E-state index contributed by atoms with van der Waals surface area (Å²) in [5, 5.41) is 6.68. The lowest BCUT2D eigenvalue weighted by Crippen LogP contribution is -2.27. The van der Waals surface area contributed by atoms with E-state index in [2.05, 4.69) is 15.4 Å². The normalized spacial score (nSPS) is 10.5. The summed E-state index contributed by atoms with van der Waals surface area (Å²) in [6, 6.07) is 8.34. The fourth-order valence-corrected chi connectivity index (χ4v) is 2.09. The van der Waals surface area contributed by atoms with Gasteiger partial charge in [0.25, 0.3) is 0 Å². The zero-order valence-corrected chi connectivity index (χ0v) is 13.0. The van der Waals surface area contributed by atoms with Gasteiger partial charge in [-0.3, -0.25) is 9.48 Å². The van der Waals surface area contributed by atoms with Crippen LogP contribution in [-0.4, -0.2) is 20.7 Å². The standard InChI is InChI=1S/C17H14F2N4O2/c18-14-5-4-13(9-15(14)19)25-17-12(3-1-6-20-17)10-21-16(24)11-23-8-2-7-22-23/h1-9H,10-11H2,(H,21,24). The number of hydrogen-bond acceptors (Lipinski definition) is 4. The molecule has 0 aliphatic rings. The van der Waals surface area contributed by atoms with E-state index in [1.807, 2.05) is 0 Å². The van der Waals surface area contributed by atoms with Crippen LogP contribution in [0.4, 0.5) is 8.78 Å². The van der Waals surface area contributed by atoms with Crippen molar-refractivity contribution in [2.24, 2.45) is 0 Å². The summed E-state index contributed by atoms with van der Waals surface area (Å²) in [7, 11) is 0. The number of hydrogen-bond donors (Lipinski definition) is 1. The Morgan fingerprint density at radius 2 is 2.04 bits per heavy atom. The number of nitrogens with zero attached hydrogens (tertiary/aromatic N) is 3. The molecule has 0 aliphatic heterocycles. The minimum atomic E-state index is -1.01. The van der Waals surface area contributed by atoms with Crippen molar-refractivity contribution in [1.82, 2.24) is 20.1 Å². The molecule has 1 aromatic carbocycles. The third-order valence-corrected chi connectivity index (χ3v) is 3.30. The number of halogens is 2. The first-order chi connectivity index (χ1) is 12.1. The highest BCUT2D eigenvalue weighted by molar-refractivity contribution is 5.75. The van der Waals surface area contributed by atoms with Crippen LogP contribution in [0.2, 0.25) is 0 Å². The summed E-state index contributed by atoms with van der Waals surface area (Å²) in [6.07, 6.45) is 4.77. The molecule has 8 heteroatoms. The molecule has 1 N–H and O–H groups in total. The second-order valence-corrected chi connectivity index (χ2v) is 5.13. The molecular weight excluding hydrogens is 330 g/mol. The zero-order valence-electron chi connectivity index (χ0n) is 13.0. The molecule has 0 saturated carbocycles. The fraction of sp³-hybridized carbons (Fsp3) is 0.118. The lowest BCUT2D eigenvalue weighted by Gasteiger charge is -2.11. The maximum Gasteiger partial charge on any atom is 0.242 e. The summed E-state index contributed by atoms with van der Waals surface area (Å²) >= 11 is 0. The van der Waals surface area contributed by atoms with Crippen LogP contribution in [0, 0.1) is 11.6 Å². The van der Waals surface area contributed by atoms with Crippen LogP contribution in [0.1, 0.15) is 5.56 Å². The zero-order chi connectivity index (χ0) is 17.6. The van der Waals surface area contributed by atoms with E-state index in [1.165, 1.54) is 16.9 Å². The predicted molar refractivity (Wildman–Crippen MR) is 84.7 cm³/mol. The number of carbonyl (C=O) groups is 1. The number of pyridine rings is 1. The molecule has 1 amide bonds. The molecule has 0 bridgehead atoms. The van der Waals surface area contributed by atoms with Gasteiger partial charge in [0.1, 0.15) is 12.3 Å². The Bertz CT molecular complexity index is 869. The summed E-state index contributed by atoms with van der Waals surface area (Å²) in [4.78, 5) is 16.0. The molecule has 0 radical (unpaired) electrons. The average molecular weight is 344 g/mol. The van der Waals surface area contributed by atoms with Crippen molar-refractivity contribution >= 4 is 5.91 Å². The van der Waals surface area contributed by atoms with Crippen LogP contribution < -0.4 is 10.1 Å². The Balaban J connectivity index is 1.66. The fourth-order valence-electron chi connectivity index (χ4n) is 2.09. The number of amides is 1. The van der Waals surface area contributed by atoms with Gasteiger partial charge < -0.3 is 10.1 Å². The largest absolute Gasteiger partial charge is 0.439 e. The lowest BCUT2D eigenvalue weighted by molar-refractivity contribution is -0.122. The summed E-state index contributed by atoms with van der Waals surface area (Å²) in [5.74, 6) is -1.89.